The zero-order chi connectivity index (χ0) is 22.8. The van der Waals surface area contributed by atoms with Gasteiger partial charge in [0.1, 0.15) is 5.76 Å². The van der Waals surface area contributed by atoms with Gasteiger partial charge in [-0.25, -0.2) is 4.99 Å². The van der Waals surface area contributed by atoms with Crippen molar-refractivity contribution in [2.75, 3.05) is 39.4 Å². The lowest BCUT2D eigenvalue weighted by molar-refractivity contribution is -0.136. The van der Waals surface area contributed by atoms with E-state index in [4.69, 9.17) is 14.3 Å². The minimum atomic E-state index is -0.300. The van der Waals surface area contributed by atoms with Crippen molar-refractivity contribution in [2.24, 2.45) is 4.99 Å². The first-order chi connectivity index (χ1) is 15.7. The lowest BCUT2D eigenvalue weighted by Gasteiger charge is -2.31. The molecule has 0 bridgehead atoms. The zero-order valence-corrected chi connectivity index (χ0v) is 22.1. The molecule has 1 fully saturated rings. The number of nitrogens with one attached hydrogen (secondary N) is 2. The van der Waals surface area contributed by atoms with Crippen molar-refractivity contribution in [3.63, 3.8) is 0 Å². The van der Waals surface area contributed by atoms with Crippen LogP contribution in [0.3, 0.4) is 0 Å². The maximum atomic E-state index is 13.3. The van der Waals surface area contributed by atoms with E-state index in [2.05, 4.69) is 29.6 Å². The van der Waals surface area contributed by atoms with Crippen LogP contribution in [0.4, 0.5) is 0 Å². The molecule has 1 aromatic heterocycles. The van der Waals surface area contributed by atoms with Gasteiger partial charge < -0.3 is 24.8 Å². The van der Waals surface area contributed by atoms with Crippen LogP contribution in [0.1, 0.15) is 49.3 Å². The second-order valence-electron chi connectivity index (χ2n) is 7.72. The van der Waals surface area contributed by atoms with Gasteiger partial charge >= 0.3 is 0 Å². The summed E-state index contributed by atoms with van der Waals surface area (Å²) in [6.45, 7) is 10.2. The molecule has 0 spiro atoms. The number of aryl methyl sites for hydroxylation is 2. The Bertz CT molecular complexity index is 860. The van der Waals surface area contributed by atoms with Gasteiger partial charge in [-0.1, -0.05) is 49.3 Å². The summed E-state index contributed by atoms with van der Waals surface area (Å²) in [5.74, 6) is 1.37. The predicted octanol–water partition coefficient (Wildman–Crippen LogP) is 3.12. The van der Waals surface area contributed by atoms with E-state index in [1.807, 2.05) is 42.2 Å². The molecule has 8 nitrogen and oxygen atoms in total. The molecular weight excluding hydrogens is 533 g/mol. The number of carbonyl (C=O) groups is 1. The Kier molecular flexibility index (Phi) is 11.7. The van der Waals surface area contributed by atoms with Gasteiger partial charge in [0.15, 0.2) is 5.96 Å². The highest BCUT2D eigenvalue weighted by molar-refractivity contribution is 14.0. The van der Waals surface area contributed by atoms with Crippen molar-refractivity contribution in [1.29, 1.82) is 0 Å². The third kappa shape index (κ3) is 7.43. The molecule has 1 saturated heterocycles. The van der Waals surface area contributed by atoms with Gasteiger partial charge in [0, 0.05) is 38.2 Å². The van der Waals surface area contributed by atoms with Crippen LogP contribution < -0.4 is 10.6 Å². The summed E-state index contributed by atoms with van der Waals surface area (Å²) < 4.78 is 10.9. The molecule has 2 N–H and O–H groups in total. The van der Waals surface area contributed by atoms with Crippen molar-refractivity contribution in [3.05, 3.63) is 52.9 Å². The molecule has 2 aromatic rings. The summed E-state index contributed by atoms with van der Waals surface area (Å²) in [5, 5.41) is 10.8. The van der Waals surface area contributed by atoms with Crippen LogP contribution in [-0.4, -0.2) is 61.3 Å². The molecule has 33 heavy (non-hydrogen) atoms. The van der Waals surface area contributed by atoms with E-state index in [-0.39, 0.29) is 35.8 Å². The van der Waals surface area contributed by atoms with E-state index in [1.165, 1.54) is 0 Å². The normalized spacial score (nSPS) is 15.0. The second kappa shape index (κ2) is 14.2. The SMILES string of the molecule is CCNC(=NCc1c(CC)noc1CC)NCC(C(=O)N1CCOCC1)c1ccccc1.I. The van der Waals surface area contributed by atoms with Gasteiger partial charge in [0.2, 0.25) is 5.91 Å². The Morgan fingerprint density at radius 2 is 1.85 bits per heavy atom. The molecule has 9 heteroatoms. The number of halogens is 1. The number of rotatable bonds is 9. The first kappa shape index (κ1) is 27.1. The Balaban J connectivity index is 0.00000385. The average Bonchev–Trinajstić information content (AvgIpc) is 3.25. The minimum absolute atomic E-state index is 0. The zero-order valence-electron chi connectivity index (χ0n) is 19.8. The molecule has 0 radical (unpaired) electrons. The quantitative estimate of drug-likeness (QED) is 0.274. The van der Waals surface area contributed by atoms with E-state index in [0.29, 0.717) is 45.4 Å². The first-order valence-electron chi connectivity index (χ1n) is 11.6. The standard InChI is InChI=1S/C24H35N5O3.HI/c1-4-21-20(22(5-2)32-28-21)17-27-24(25-6-3)26-16-19(18-10-8-7-9-11-18)23(30)29-12-14-31-15-13-29;/h7-11,19H,4-6,12-17H2,1-3H3,(H2,25,26,27);1H. The summed E-state index contributed by atoms with van der Waals surface area (Å²) in [6, 6.07) is 9.92. The Morgan fingerprint density at radius 3 is 2.48 bits per heavy atom. The van der Waals surface area contributed by atoms with Gasteiger partial charge in [0.05, 0.1) is 31.4 Å². The number of hydrogen-bond acceptors (Lipinski definition) is 5. The third-order valence-electron chi connectivity index (χ3n) is 5.64. The smallest absolute Gasteiger partial charge is 0.232 e. The maximum Gasteiger partial charge on any atom is 0.232 e. The summed E-state index contributed by atoms with van der Waals surface area (Å²) in [7, 11) is 0. The van der Waals surface area contributed by atoms with Crippen molar-refractivity contribution in [2.45, 2.75) is 46.1 Å². The maximum absolute atomic E-state index is 13.3. The van der Waals surface area contributed by atoms with Crippen molar-refractivity contribution >= 4 is 35.8 Å². The molecule has 1 unspecified atom stereocenters. The highest BCUT2D eigenvalue weighted by atomic mass is 127. The molecule has 1 amide bonds. The number of hydrogen-bond donors (Lipinski definition) is 2. The predicted molar refractivity (Wildman–Crippen MR) is 140 cm³/mol. The monoisotopic (exact) mass is 569 g/mol. The van der Waals surface area contributed by atoms with Gasteiger partial charge in [-0.2, -0.15) is 0 Å². The molecule has 3 rings (SSSR count). The fourth-order valence-electron chi connectivity index (χ4n) is 3.85. The van der Waals surface area contributed by atoms with Gasteiger partial charge in [-0.05, 0) is 18.9 Å². The molecule has 2 heterocycles. The second-order valence-corrected chi connectivity index (χ2v) is 7.72. The van der Waals surface area contributed by atoms with Crippen LogP contribution in [0.15, 0.2) is 39.8 Å². The average molecular weight is 569 g/mol. The Morgan fingerprint density at radius 1 is 1.12 bits per heavy atom. The van der Waals surface area contributed by atoms with Crippen molar-refractivity contribution < 1.29 is 14.1 Å². The fraction of sp³-hybridized carbons (Fsp3) is 0.542. The van der Waals surface area contributed by atoms with Gasteiger partial charge in [-0.3, -0.25) is 4.79 Å². The van der Waals surface area contributed by atoms with E-state index >= 15 is 0 Å². The van der Waals surface area contributed by atoms with Crippen LogP contribution in [0, 0.1) is 0 Å². The number of amides is 1. The summed E-state index contributed by atoms with van der Waals surface area (Å²) >= 11 is 0. The van der Waals surface area contributed by atoms with E-state index in [0.717, 1.165) is 42.0 Å². The molecular formula is C24H36IN5O3. The van der Waals surface area contributed by atoms with Crippen LogP contribution in [0.2, 0.25) is 0 Å². The number of nitrogens with zero attached hydrogens (tertiary/aromatic N) is 3. The molecule has 1 atom stereocenters. The number of carbonyl (C=O) groups excluding carboxylic acids is 1. The van der Waals surface area contributed by atoms with Gasteiger partial charge in [0.25, 0.3) is 0 Å². The molecule has 0 aliphatic carbocycles. The number of morpholine rings is 1. The molecule has 182 valence electrons. The number of aliphatic imine (C=N–C) groups is 1. The highest BCUT2D eigenvalue weighted by Crippen LogP contribution is 2.19. The number of guanidine groups is 1. The molecule has 1 aliphatic rings. The van der Waals surface area contributed by atoms with Crippen molar-refractivity contribution in [1.82, 2.24) is 20.7 Å². The van der Waals surface area contributed by atoms with Crippen molar-refractivity contribution in [3.8, 4) is 0 Å². The van der Waals surface area contributed by atoms with E-state index < -0.39 is 0 Å². The molecule has 1 aliphatic heterocycles. The Hall–Kier alpha value is -2.14. The van der Waals surface area contributed by atoms with Crippen LogP contribution in [-0.2, 0) is 28.9 Å². The topological polar surface area (TPSA) is 92.0 Å². The van der Waals surface area contributed by atoms with Crippen LogP contribution in [0.25, 0.3) is 0 Å². The largest absolute Gasteiger partial charge is 0.378 e. The van der Waals surface area contributed by atoms with Gasteiger partial charge in [-0.15, -0.1) is 24.0 Å². The lowest BCUT2D eigenvalue weighted by atomic mass is 9.97. The fourth-order valence-corrected chi connectivity index (χ4v) is 3.85. The number of benzene rings is 1. The number of aromatic nitrogens is 1. The minimum Gasteiger partial charge on any atom is -0.378 e. The van der Waals surface area contributed by atoms with E-state index in [1.54, 1.807) is 0 Å². The summed E-state index contributed by atoms with van der Waals surface area (Å²) in [4.78, 5) is 20.0. The molecule has 0 saturated carbocycles. The third-order valence-corrected chi connectivity index (χ3v) is 5.64. The van der Waals surface area contributed by atoms with Crippen LogP contribution in [0.5, 0.6) is 0 Å². The summed E-state index contributed by atoms with van der Waals surface area (Å²) in [6.07, 6.45) is 1.59. The summed E-state index contributed by atoms with van der Waals surface area (Å²) in [5.41, 5.74) is 3.00. The van der Waals surface area contributed by atoms with Crippen LogP contribution >= 0.6 is 24.0 Å². The molecule has 1 aromatic carbocycles. The van der Waals surface area contributed by atoms with E-state index in [9.17, 15) is 4.79 Å². The number of ether oxygens (including phenoxy) is 1. The highest BCUT2D eigenvalue weighted by Gasteiger charge is 2.27. The Labute approximate surface area is 213 Å². The first-order valence-corrected chi connectivity index (χ1v) is 11.6. The lowest BCUT2D eigenvalue weighted by Crippen LogP contribution is -2.47.